The predicted molar refractivity (Wildman–Crippen MR) is 118 cm³/mol. The van der Waals surface area contributed by atoms with E-state index in [4.69, 9.17) is 9.47 Å². The monoisotopic (exact) mass is 441 g/mol. The quantitative estimate of drug-likeness (QED) is 0.461. The van der Waals surface area contributed by atoms with Gasteiger partial charge in [-0.25, -0.2) is 0 Å². The maximum absolute atomic E-state index is 13.0. The molecule has 0 N–H and O–H groups in total. The molecule has 0 spiro atoms. The van der Waals surface area contributed by atoms with Crippen LogP contribution in [0.4, 0.5) is 5.69 Å². The Kier molecular flexibility index (Phi) is 7.64. The Hall–Kier alpha value is -3.62. The number of ether oxygens (including phenoxy) is 2. The molecule has 1 saturated heterocycles. The molecule has 2 aromatic carbocycles. The lowest BCUT2D eigenvalue weighted by atomic mass is 10.1. The molecule has 9 nitrogen and oxygen atoms in total. The fourth-order valence-electron chi connectivity index (χ4n) is 3.77. The van der Waals surface area contributed by atoms with Crippen LogP contribution in [-0.4, -0.2) is 66.9 Å². The smallest absolute Gasteiger partial charge is 0.286 e. The SMILES string of the molecule is COc1cc(C(=O)N2CCN(C(=O)CCCc3ccccc3)CC2)c([N+](=O)[O-])cc1OC. The number of hydrogen-bond acceptors (Lipinski definition) is 6. The van der Waals surface area contributed by atoms with Crippen LogP contribution in [0.5, 0.6) is 11.5 Å². The Labute approximate surface area is 186 Å². The van der Waals surface area contributed by atoms with E-state index in [0.29, 0.717) is 32.6 Å². The van der Waals surface area contributed by atoms with Crippen molar-refractivity contribution >= 4 is 17.5 Å². The number of nitro groups is 1. The number of piperazine rings is 1. The zero-order valence-electron chi connectivity index (χ0n) is 18.3. The molecule has 0 aromatic heterocycles. The number of benzene rings is 2. The number of carbonyl (C=O) groups excluding carboxylic acids is 2. The third-order valence-electron chi connectivity index (χ3n) is 5.55. The van der Waals surface area contributed by atoms with Gasteiger partial charge in [0.1, 0.15) is 5.56 Å². The van der Waals surface area contributed by atoms with E-state index in [1.165, 1.54) is 36.8 Å². The Morgan fingerprint density at radius 1 is 0.969 bits per heavy atom. The summed E-state index contributed by atoms with van der Waals surface area (Å²) >= 11 is 0. The van der Waals surface area contributed by atoms with Crippen LogP contribution in [0, 0.1) is 10.1 Å². The molecule has 9 heteroatoms. The van der Waals surface area contributed by atoms with Crippen molar-refractivity contribution in [2.75, 3.05) is 40.4 Å². The lowest BCUT2D eigenvalue weighted by Crippen LogP contribution is -2.50. The van der Waals surface area contributed by atoms with Gasteiger partial charge < -0.3 is 19.3 Å². The van der Waals surface area contributed by atoms with Gasteiger partial charge in [-0.15, -0.1) is 0 Å². The van der Waals surface area contributed by atoms with E-state index in [9.17, 15) is 19.7 Å². The van der Waals surface area contributed by atoms with Crippen molar-refractivity contribution in [1.82, 2.24) is 9.80 Å². The topological polar surface area (TPSA) is 102 Å². The first kappa shape index (κ1) is 23.1. The van der Waals surface area contributed by atoms with Gasteiger partial charge in [-0.2, -0.15) is 0 Å². The molecule has 0 saturated carbocycles. The van der Waals surface area contributed by atoms with Crippen molar-refractivity contribution < 1.29 is 24.0 Å². The van der Waals surface area contributed by atoms with Gasteiger partial charge in [-0.05, 0) is 18.4 Å². The molecular weight excluding hydrogens is 414 g/mol. The number of carbonyl (C=O) groups is 2. The van der Waals surface area contributed by atoms with Gasteiger partial charge in [0.2, 0.25) is 5.91 Å². The highest BCUT2D eigenvalue weighted by Crippen LogP contribution is 2.35. The molecule has 2 aromatic rings. The highest BCUT2D eigenvalue weighted by atomic mass is 16.6. The van der Waals surface area contributed by atoms with Crippen LogP contribution >= 0.6 is 0 Å². The average Bonchev–Trinajstić information content (AvgIpc) is 2.83. The summed E-state index contributed by atoms with van der Waals surface area (Å²) in [7, 11) is 2.78. The van der Waals surface area contributed by atoms with Crippen molar-refractivity contribution in [3.05, 3.63) is 63.7 Å². The summed E-state index contributed by atoms with van der Waals surface area (Å²) in [5, 5.41) is 11.5. The molecule has 1 aliphatic rings. The first-order chi connectivity index (χ1) is 15.4. The standard InChI is InChI=1S/C23H27N3O6/c1-31-20-15-18(19(26(29)30)16-21(20)32-2)23(28)25-13-11-24(12-14-25)22(27)10-6-9-17-7-4-3-5-8-17/h3-5,7-8,15-16H,6,9-14H2,1-2H3. The summed E-state index contributed by atoms with van der Waals surface area (Å²) < 4.78 is 10.3. The van der Waals surface area contributed by atoms with Crippen molar-refractivity contribution in [2.45, 2.75) is 19.3 Å². The summed E-state index contributed by atoms with van der Waals surface area (Å²) in [4.78, 5) is 39.7. The number of amides is 2. The van der Waals surface area contributed by atoms with E-state index in [2.05, 4.69) is 0 Å². The van der Waals surface area contributed by atoms with E-state index >= 15 is 0 Å². The van der Waals surface area contributed by atoms with Gasteiger partial charge in [-0.3, -0.25) is 19.7 Å². The maximum atomic E-state index is 13.0. The Balaban J connectivity index is 1.59. The molecule has 0 bridgehead atoms. The van der Waals surface area contributed by atoms with Crippen LogP contribution in [0.3, 0.4) is 0 Å². The molecule has 1 aliphatic heterocycles. The van der Waals surface area contributed by atoms with E-state index in [-0.39, 0.29) is 28.7 Å². The molecule has 0 radical (unpaired) electrons. The molecule has 0 atom stereocenters. The molecule has 0 unspecified atom stereocenters. The van der Waals surface area contributed by atoms with Crippen LogP contribution in [0.2, 0.25) is 0 Å². The van der Waals surface area contributed by atoms with Gasteiger partial charge in [-0.1, -0.05) is 30.3 Å². The molecule has 0 aliphatic carbocycles. The van der Waals surface area contributed by atoms with Crippen molar-refractivity contribution in [3.63, 3.8) is 0 Å². The molecule has 32 heavy (non-hydrogen) atoms. The van der Waals surface area contributed by atoms with Gasteiger partial charge in [0.25, 0.3) is 11.6 Å². The molecular formula is C23H27N3O6. The largest absolute Gasteiger partial charge is 0.493 e. The third-order valence-corrected chi connectivity index (χ3v) is 5.55. The molecule has 2 amide bonds. The Morgan fingerprint density at radius 2 is 1.56 bits per heavy atom. The lowest BCUT2D eigenvalue weighted by molar-refractivity contribution is -0.385. The van der Waals surface area contributed by atoms with Crippen LogP contribution < -0.4 is 9.47 Å². The van der Waals surface area contributed by atoms with Gasteiger partial charge in [0.05, 0.1) is 25.2 Å². The number of nitro benzene ring substituents is 1. The number of hydrogen-bond donors (Lipinski definition) is 0. The number of aryl methyl sites for hydroxylation is 1. The van der Waals surface area contributed by atoms with Crippen molar-refractivity contribution in [1.29, 1.82) is 0 Å². The third kappa shape index (κ3) is 5.35. The second-order valence-electron chi connectivity index (χ2n) is 7.49. The fraction of sp³-hybridized carbons (Fsp3) is 0.391. The highest BCUT2D eigenvalue weighted by molar-refractivity contribution is 5.99. The summed E-state index contributed by atoms with van der Waals surface area (Å²) in [6.07, 6.45) is 2.05. The summed E-state index contributed by atoms with van der Waals surface area (Å²) in [6.45, 7) is 1.43. The lowest BCUT2D eigenvalue weighted by Gasteiger charge is -2.35. The zero-order valence-corrected chi connectivity index (χ0v) is 18.3. The second-order valence-corrected chi connectivity index (χ2v) is 7.49. The first-order valence-electron chi connectivity index (χ1n) is 10.5. The molecule has 3 rings (SSSR count). The number of methoxy groups -OCH3 is 2. The first-order valence-corrected chi connectivity index (χ1v) is 10.5. The Morgan fingerprint density at radius 3 is 2.16 bits per heavy atom. The van der Waals surface area contributed by atoms with E-state index in [0.717, 1.165) is 12.8 Å². The van der Waals surface area contributed by atoms with E-state index < -0.39 is 10.8 Å². The van der Waals surface area contributed by atoms with Crippen LogP contribution in [0.1, 0.15) is 28.8 Å². The van der Waals surface area contributed by atoms with Crippen molar-refractivity contribution in [3.8, 4) is 11.5 Å². The van der Waals surface area contributed by atoms with E-state index in [1.807, 2.05) is 30.3 Å². The van der Waals surface area contributed by atoms with Crippen LogP contribution in [-0.2, 0) is 11.2 Å². The van der Waals surface area contributed by atoms with Gasteiger partial charge in [0, 0.05) is 38.7 Å². The highest BCUT2D eigenvalue weighted by Gasteiger charge is 2.30. The molecule has 1 heterocycles. The normalized spacial score (nSPS) is 13.6. The minimum atomic E-state index is -0.609. The maximum Gasteiger partial charge on any atom is 0.286 e. The van der Waals surface area contributed by atoms with Gasteiger partial charge >= 0.3 is 0 Å². The summed E-state index contributed by atoms with van der Waals surface area (Å²) in [6, 6.07) is 12.5. The number of nitrogens with zero attached hydrogens (tertiary/aromatic N) is 3. The summed E-state index contributed by atoms with van der Waals surface area (Å²) in [5.41, 5.74) is 0.801. The zero-order chi connectivity index (χ0) is 23.1. The average molecular weight is 441 g/mol. The predicted octanol–water partition coefficient (Wildman–Crippen LogP) is 2.92. The van der Waals surface area contributed by atoms with Crippen molar-refractivity contribution in [2.24, 2.45) is 0 Å². The Bertz CT molecular complexity index is 971. The minimum absolute atomic E-state index is 0.0599. The minimum Gasteiger partial charge on any atom is -0.493 e. The van der Waals surface area contributed by atoms with Crippen LogP contribution in [0.15, 0.2) is 42.5 Å². The summed E-state index contributed by atoms with van der Waals surface area (Å²) in [5.74, 6) is 0.0225. The number of rotatable bonds is 8. The fourth-order valence-corrected chi connectivity index (χ4v) is 3.77. The van der Waals surface area contributed by atoms with Crippen LogP contribution in [0.25, 0.3) is 0 Å². The molecule has 1 fully saturated rings. The van der Waals surface area contributed by atoms with Gasteiger partial charge in [0.15, 0.2) is 11.5 Å². The molecule has 170 valence electrons. The van der Waals surface area contributed by atoms with E-state index in [1.54, 1.807) is 4.90 Å². The second kappa shape index (κ2) is 10.6.